The number of amides is 1. The first-order chi connectivity index (χ1) is 15.6. The van der Waals surface area contributed by atoms with Gasteiger partial charge in [-0.15, -0.1) is 0 Å². The van der Waals surface area contributed by atoms with Crippen molar-refractivity contribution >= 4 is 17.4 Å². The average molecular weight is 438 g/mol. The van der Waals surface area contributed by atoms with Crippen LogP contribution in [0.25, 0.3) is 16.9 Å². The number of carbonyl (C=O) groups excluding carboxylic acids is 1. The molecular weight excluding hydrogens is 409 g/mol. The van der Waals surface area contributed by atoms with Crippen LogP contribution in [-0.4, -0.2) is 52.9 Å². The summed E-state index contributed by atoms with van der Waals surface area (Å²) in [5, 5.41) is 7.83. The summed E-state index contributed by atoms with van der Waals surface area (Å²) in [5.41, 5.74) is 3.28. The van der Waals surface area contributed by atoms with Crippen LogP contribution in [0.1, 0.15) is 31.4 Å². The van der Waals surface area contributed by atoms with Crippen LogP contribution in [-0.2, 0) is 9.53 Å². The van der Waals surface area contributed by atoms with Crippen molar-refractivity contribution in [1.29, 1.82) is 0 Å². The SMILES string of the molecule is Cc1cc(N2CCC(C(=O)NC[C@@H]3CCCO3)CC2)n2nc(-c3ccc(F)cc3)cc2n1. The lowest BCUT2D eigenvalue weighted by atomic mass is 9.96. The molecule has 1 atom stereocenters. The van der Waals surface area contributed by atoms with Gasteiger partial charge in [-0.3, -0.25) is 4.79 Å². The van der Waals surface area contributed by atoms with E-state index in [1.54, 1.807) is 12.1 Å². The first kappa shape index (κ1) is 20.9. The molecule has 168 valence electrons. The normalized spacial score (nSPS) is 19.6. The highest BCUT2D eigenvalue weighted by Crippen LogP contribution is 2.27. The van der Waals surface area contributed by atoms with Gasteiger partial charge in [-0.1, -0.05) is 0 Å². The number of nitrogens with zero attached hydrogens (tertiary/aromatic N) is 4. The molecule has 4 heterocycles. The standard InChI is InChI=1S/C24H28FN5O2/c1-16-13-23(30-22(27-16)14-21(28-30)17-4-6-19(25)7-5-17)29-10-8-18(9-11-29)24(31)26-15-20-3-2-12-32-20/h4-7,13-14,18,20H,2-3,8-12,15H2,1H3,(H,26,31)/t20-/m0/s1. The van der Waals surface area contributed by atoms with Crippen LogP contribution in [0, 0.1) is 18.7 Å². The maximum Gasteiger partial charge on any atom is 0.223 e. The highest BCUT2D eigenvalue weighted by atomic mass is 19.1. The van der Waals surface area contributed by atoms with E-state index in [1.165, 1.54) is 12.1 Å². The number of hydrogen-bond donors (Lipinski definition) is 1. The van der Waals surface area contributed by atoms with Gasteiger partial charge in [0.15, 0.2) is 5.65 Å². The van der Waals surface area contributed by atoms with Gasteiger partial charge in [0.2, 0.25) is 5.91 Å². The van der Waals surface area contributed by atoms with Crippen molar-refractivity contribution in [2.24, 2.45) is 5.92 Å². The summed E-state index contributed by atoms with van der Waals surface area (Å²) in [5.74, 6) is 0.862. The maximum absolute atomic E-state index is 13.3. The molecule has 7 nitrogen and oxygen atoms in total. The van der Waals surface area contributed by atoms with Gasteiger partial charge in [0.05, 0.1) is 11.8 Å². The zero-order chi connectivity index (χ0) is 22.1. The number of nitrogens with one attached hydrogen (secondary N) is 1. The van der Waals surface area contributed by atoms with Gasteiger partial charge in [-0.25, -0.2) is 9.37 Å². The number of hydrogen-bond acceptors (Lipinski definition) is 5. The van der Waals surface area contributed by atoms with Crippen molar-refractivity contribution in [2.75, 3.05) is 31.1 Å². The van der Waals surface area contributed by atoms with Crippen molar-refractivity contribution in [3.63, 3.8) is 0 Å². The highest BCUT2D eigenvalue weighted by molar-refractivity contribution is 5.79. The Morgan fingerprint density at radius 1 is 1.19 bits per heavy atom. The second-order valence-corrected chi connectivity index (χ2v) is 8.70. The molecule has 2 aliphatic rings. The summed E-state index contributed by atoms with van der Waals surface area (Å²) in [7, 11) is 0. The first-order valence-electron chi connectivity index (χ1n) is 11.3. The Morgan fingerprint density at radius 3 is 2.69 bits per heavy atom. The molecule has 0 unspecified atom stereocenters. The van der Waals surface area contributed by atoms with Crippen molar-refractivity contribution in [2.45, 2.75) is 38.7 Å². The summed E-state index contributed by atoms with van der Waals surface area (Å²) in [6.45, 7) is 4.95. The Morgan fingerprint density at radius 2 is 1.97 bits per heavy atom. The van der Waals surface area contributed by atoms with E-state index in [-0.39, 0.29) is 23.7 Å². The number of aryl methyl sites for hydroxylation is 1. The fourth-order valence-corrected chi connectivity index (χ4v) is 4.60. The fourth-order valence-electron chi connectivity index (χ4n) is 4.60. The third kappa shape index (κ3) is 4.32. The minimum atomic E-state index is -0.269. The molecule has 3 aromatic rings. The fraction of sp³-hybridized carbons (Fsp3) is 0.458. The van der Waals surface area contributed by atoms with Crippen LogP contribution in [0.15, 0.2) is 36.4 Å². The number of halogens is 1. The number of anilines is 1. The zero-order valence-corrected chi connectivity index (χ0v) is 18.3. The van der Waals surface area contributed by atoms with E-state index in [4.69, 9.17) is 9.84 Å². The topological polar surface area (TPSA) is 71.8 Å². The van der Waals surface area contributed by atoms with E-state index in [0.717, 1.165) is 73.8 Å². The molecule has 2 fully saturated rings. The van der Waals surface area contributed by atoms with Crippen LogP contribution < -0.4 is 10.2 Å². The minimum Gasteiger partial charge on any atom is -0.376 e. The molecule has 5 rings (SSSR count). The summed E-state index contributed by atoms with van der Waals surface area (Å²) >= 11 is 0. The first-order valence-corrected chi connectivity index (χ1v) is 11.3. The third-order valence-corrected chi connectivity index (χ3v) is 6.39. The molecule has 2 aliphatic heterocycles. The Balaban J connectivity index is 1.29. The lowest BCUT2D eigenvalue weighted by molar-refractivity contribution is -0.126. The average Bonchev–Trinajstić information content (AvgIpc) is 3.47. The molecule has 0 spiro atoms. The Hall–Kier alpha value is -3.00. The number of fused-ring (bicyclic) bond motifs is 1. The van der Waals surface area contributed by atoms with Crippen molar-refractivity contribution in [3.05, 3.63) is 47.9 Å². The van der Waals surface area contributed by atoms with E-state index in [2.05, 4.69) is 15.2 Å². The zero-order valence-electron chi connectivity index (χ0n) is 18.3. The number of benzene rings is 1. The van der Waals surface area contributed by atoms with Crippen LogP contribution in [0.5, 0.6) is 0 Å². The molecule has 0 aliphatic carbocycles. The summed E-state index contributed by atoms with van der Waals surface area (Å²) in [6, 6.07) is 10.3. The monoisotopic (exact) mass is 437 g/mol. The van der Waals surface area contributed by atoms with Gasteiger partial charge in [0.1, 0.15) is 11.6 Å². The highest BCUT2D eigenvalue weighted by Gasteiger charge is 2.27. The van der Waals surface area contributed by atoms with Gasteiger partial charge >= 0.3 is 0 Å². The second kappa shape index (κ2) is 8.86. The molecule has 2 aromatic heterocycles. The van der Waals surface area contributed by atoms with Crippen molar-refractivity contribution < 1.29 is 13.9 Å². The summed E-state index contributed by atoms with van der Waals surface area (Å²) < 4.78 is 20.8. The Bertz CT molecular complexity index is 1100. The summed E-state index contributed by atoms with van der Waals surface area (Å²) in [6.07, 6.45) is 3.87. The number of carbonyl (C=O) groups is 1. The molecule has 1 amide bonds. The van der Waals surface area contributed by atoms with Crippen LogP contribution in [0.3, 0.4) is 0 Å². The molecule has 1 N–H and O–H groups in total. The molecule has 32 heavy (non-hydrogen) atoms. The van der Waals surface area contributed by atoms with E-state index < -0.39 is 0 Å². The van der Waals surface area contributed by atoms with Crippen LogP contribution in [0.2, 0.25) is 0 Å². The van der Waals surface area contributed by atoms with Crippen molar-refractivity contribution in [1.82, 2.24) is 19.9 Å². The molecule has 1 aromatic carbocycles. The molecular formula is C24H28FN5O2. The maximum atomic E-state index is 13.3. The Kier molecular flexibility index (Phi) is 5.78. The van der Waals surface area contributed by atoms with E-state index in [9.17, 15) is 9.18 Å². The Labute approximate surface area is 186 Å². The number of aromatic nitrogens is 3. The third-order valence-electron chi connectivity index (χ3n) is 6.39. The molecule has 2 saturated heterocycles. The smallest absolute Gasteiger partial charge is 0.223 e. The summed E-state index contributed by atoms with van der Waals surface area (Å²) in [4.78, 5) is 19.5. The lowest BCUT2D eigenvalue weighted by Gasteiger charge is -2.33. The number of rotatable bonds is 5. The quantitative estimate of drug-likeness (QED) is 0.663. The van der Waals surface area contributed by atoms with Gasteiger partial charge in [-0.05, 0) is 56.9 Å². The van der Waals surface area contributed by atoms with Gasteiger partial charge in [0, 0.05) is 55.5 Å². The predicted molar refractivity (Wildman–Crippen MR) is 120 cm³/mol. The molecule has 0 bridgehead atoms. The molecule has 0 radical (unpaired) electrons. The van der Waals surface area contributed by atoms with Crippen LogP contribution >= 0.6 is 0 Å². The minimum absolute atomic E-state index is 0.0264. The van der Waals surface area contributed by atoms with E-state index >= 15 is 0 Å². The van der Waals surface area contributed by atoms with Crippen LogP contribution in [0.4, 0.5) is 10.2 Å². The van der Waals surface area contributed by atoms with Gasteiger partial charge in [-0.2, -0.15) is 9.61 Å². The van der Waals surface area contributed by atoms with Crippen molar-refractivity contribution in [3.8, 4) is 11.3 Å². The lowest BCUT2D eigenvalue weighted by Crippen LogP contribution is -2.43. The second-order valence-electron chi connectivity index (χ2n) is 8.70. The number of ether oxygens (including phenoxy) is 1. The van der Waals surface area contributed by atoms with Gasteiger partial charge < -0.3 is 15.0 Å². The van der Waals surface area contributed by atoms with E-state index in [0.29, 0.717) is 6.54 Å². The molecule has 0 saturated carbocycles. The molecule has 8 heteroatoms. The largest absolute Gasteiger partial charge is 0.376 e. The predicted octanol–water partition coefficient (Wildman–Crippen LogP) is 3.36. The van der Waals surface area contributed by atoms with Gasteiger partial charge in [0.25, 0.3) is 0 Å². The van der Waals surface area contributed by atoms with E-state index in [1.807, 2.05) is 23.6 Å². The number of piperidine rings is 1.